The van der Waals surface area contributed by atoms with Crippen molar-refractivity contribution in [3.05, 3.63) is 78.1 Å². The van der Waals surface area contributed by atoms with Crippen LogP contribution >= 0.6 is 0 Å². The topological polar surface area (TPSA) is 57.8 Å². The summed E-state index contributed by atoms with van der Waals surface area (Å²) >= 11 is 0. The number of pyridine rings is 1. The molecule has 24 heavy (non-hydrogen) atoms. The number of fused-ring (bicyclic) bond motifs is 3. The van der Waals surface area contributed by atoms with Crippen LogP contribution in [0.15, 0.2) is 66.9 Å². The fourth-order valence-corrected chi connectivity index (χ4v) is 3.23. The van der Waals surface area contributed by atoms with Gasteiger partial charge in [0.1, 0.15) is 0 Å². The summed E-state index contributed by atoms with van der Waals surface area (Å²) in [6.07, 6.45) is 3.25. The van der Waals surface area contributed by atoms with Gasteiger partial charge in [0.05, 0.1) is 17.3 Å². The Morgan fingerprint density at radius 2 is 1.79 bits per heavy atom. The number of H-pyrrole nitrogens is 1. The quantitative estimate of drug-likeness (QED) is 0.551. The van der Waals surface area contributed by atoms with E-state index in [0.29, 0.717) is 6.42 Å². The average Bonchev–Trinajstić information content (AvgIpc) is 3.01. The third-order valence-corrected chi connectivity index (χ3v) is 4.34. The molecule has 0 fully saturated rings. The van der Waals surface area contributed by atoms with Crippen molar-refractivity contribution < 1.29 is 4.79 Å². The SMILES string of the molecule is O=CN[C@H](Cc1ccccc1)c1nccc2c1[nH]c1ccccc12. The van der Waals surface area contributed by atoms with Gasteiger partial charge in [0.15, 0.2) is 0 Å². The molecule has 0 saturated heterocycles. The standard InChI is InChI=1S/C20H17N3O/c24-13-22-18(12-14-6-2-1-3-7-14)20-19-16(10-11-21-20)15-8-4-5-9-17(15)23-19/h1-11,13,18,23H,12H2,(H,22,24)/t18-/m1/s1. The number of para-hydroxylation sites is 1. The first kappa shape index (κ1) is 14.5. The lowest BCUT2D eigenvalue weighted by Crippen LogP contribution is -2.23. The first-order chi connectivity index (χ1) is 11.9. The first-order valence-electron chi connectivity index (χ1n) is 7.96. The van der Waals surface area contributed by atoms with E-state index in [1.807, 2.05) is 42.6 Å². The van der Waals surface area contributed by atoms with Crippen LogP contribution in [0.25, 0.3) is 21.8 Å². The molecular weight excluding hydrogens is 298 g/mol. The normalized spacial score (nSPS) is 12.3. The van der Waals surface area contributed by atoms with Gasteiger partial charge in [-0.1, -0.05) is 48.5 Å². The maximum Gasteiger partial charge on any atom is 0.207 e. The number of rotatable bonds is 5. The zero-order valence-electron chi connectivity index (χ0n) is 13.1. The van der Waals surface area contributed by atoms with Gasteiger partial charge in [0.25, 0.3) is 0 Å². The van der Waals surface area contributed by atoms with Crippen LogP contribution in [0.3, 0.4) is 0 Å². The second-order valence-corrected chi connectivity index (χ2v) is 5.82. The third kappa shape index (κ3) is 2.52. The maximum absolute atomic E-state index is 11.1. The van der Waals surface area contributed by atoms with E-state index in [0.717, 1.165) is 34.1 Å². The minimum absolute atomic E-state index is 0.179. The Labute approximate surface area is 139 Å². The number of hydrogen-bond acceptors (Lipinski definition) is 2. The van der Waals surface area contributed by atoms with Crippen LogP contribution in [-0.2, 0) is 11.2 Å². The summed E-state index contributed by atoms with van der Waals surface area (Å²) in [5, 5.41) is 5.21. The van der Waals surface area contributed by atoms with Crippen LogP contribution < -0.4 is 5.32 Å². The van der Waals surface area contributed by atoms with Crippen LogP contribution in [0.2, 0.25) is 0 Å². The van der Waals surface area contributed by atoms with Crippen LogP contribution in [0.5, 0.6) is 0 Å². The van der Waals surface area contributed by atoms with Crippen LogP contribution in [-0.4, -0.2) is 16.4 Å². The molecule has 2 aromatic heterocycles. The highest BCUT2D eigenvalue weighted by Crippen LogP contribution is 2.30. The van der Waals surface area contributed by atoms with Gasteiger partial charge >= 0.3 is 0 Å². The van der Waals surface area contributed by atoms with E-state index in [4.69, 9.17) is 0 Å². The Kier molecular flexibility index (Phi) is 3.71. The smallest absolute Gasteiger partial charge is 0.207 e. The van der Waals surface area contributed by atoms with Crippen LogP contribution in [0.1, 0.15) is 17.3 Å². The van der Waals surface area contributed by atoms with Gasteiger partial charge in [0.2, 0.25) is 6.41 Å². The van der Waals surface area contributed by atoms with Crippen LogP contribution in [0.4, 0.5) is 0 Å². The summed E-state index contributed by atoms with van der Waals surface area (Å²) in [5.41, 5.74) is 4.08. The molecule has 0 radical (unpaired) electrons. The zero-order valence-corrected chi connectivity index (χ0v) is 13.1. The number of carbonyl (C=O) groups excluding carboxylic acids is 1. The van der Waals surface area contributed by atoms with E-state index >= 15 is 0 Å². The molecule has 2 heterocycles. The molecule has 0 aliphatic rings. The number of aromatic amines is 1. The molecular formula is C20H17N3O. The van der Waals surface area contributed by atoms with Crippen molar-refractivity contribution >= 4 is 28.2 Å². The highest BCUT2D eigenvalue weighted by molar-refractivity contribution is 6.07. The van der Waals surface area contributed by atoms with Gasteiger partial charge in [-0.15, -0.1) is 0 Å². The molecule has 0 unspecified atom stereocenters. The Bertz CT molecular complexity index is 992. The first-order valence-corrected chi connectivity index (χ1v) is 7.96. The predicted octanol–water partition coefficient (Wildman–Crippen LogP) is 3.75. The van der Waals surface area contributed by atoms with Crippen molar-refractivity contribution in [2.24, 2.45) is 0 Å². The Balaban J connectivity index is 1.84. The molecule has 0 aliphatic heterocycles. The number of amides is 1. The van der Waals surface area contributed by atoms with Gasteiger partial charge in [-0.25, -0.2) is 0 Å². The largest absolute Gasteiger partial charge is 0.353 e. The molecule has 1 atom stereocenters. The van der Waals surface area contributed by atoms with Gasteiger partial charge in [-0.2, -0.15) is 0 Å². The number of benzene rings is 2. The summed E-state index contributed by atoms with van der Waals surface area (Å²) in [4.78, 5) is 19.2. The molecule has 0 aliphatic carbocycles. The summed E-state index contributed by atoms with van der Waals surface area (Å²) in [6.45, 7) is 0. The second-order valence-electron chi connectivity index (χ2n) is 5.82. The number of carbonyl (C=O) groups is 1. The average molecular weight is 315 g/mol. The molecule has 118 valence electrons. The molecule has 0 bridgehead atoms. The fourth-order valence-electron chi connectivity index (χ4n) is 3.23. The summed E-state index contributed by atoms with van der Waals surface area (Å²) < 4.78 is 0. The maximum atomic E-state index is 11.1. The minimum Gasteiger partial charge on any atom is -0.353 e. The molecule has 4 nitrogen and oxygen atoms in total. The van der Waals surface area contributed by atoms with Crippen molar-refractivity contribution in [2.75, 3.05) is 0 Å². The summed E-state index contributed by atoms with van der Waals surface area (Å²) in [7, 11) is 0. The second kappa shape index (κ2) is 6.16. The van der Waals surface area contributed by atoms with Crippen molar-refractivity contribution in [1.29, 1.82) is 0 Å². The van der Waals surface area contributed by atoms with Gasteiger partial charge in [-0.3, -0.25) is 9.78 Å². The summed E-state index contributed by atoms with van der Waals surface area (Å²) in [5.74, 6) is 0. The van der Waals surface area contributed by atoms with Crippen LogP contribution in [0, 0.1) is 0 Å². The number of hydrogen-bond donors (Lipinski definition) is 2. The Morgan fingerprint density at radius 1 is 1.00 bits per heavy atom. The lowest BCUT2D eigenvalue weighted by atomic mass is 10.0. The predicted molar refractivity (Wildman–Crippen MR) is 95.7 cm³/mol. The lowest BCUT2D eigenvalue weighted by Gasteiger charge is -2.16. The van der Waals surface area contributed by atoms with E-state index in [-0.39, 0.29) is 6.04 Å². The molecule has 4 aromatic rings. The number of aromatic nitrogens is 2. The monoisotopic (exact) mass is 315 g/mol. The van der Waals surface area contributed by atoms with Gasteiger partial charge < -0.3 is 10.3 Å². The molecule has 0 spiro atoms. The number of nitrogens with one attached hydrogen (secondary N) is 2. The molecule has 2 N–H and O–H groups in total. The van der Waals surface area contributed by atoms with Crippen molar-refractivity contribution in [2.45, 2.75) is 12.5 Å². The van der Waals surface area contributed by atoms with E-state index in [1.165, 1.54) is 5.39 Å². The highest BCUT2D eigenvalue weighted by Gasteiger charge is 2.18. The summed E-state index contributed by atoms with van der Waals surface area (Å²) in [6, 6.07) is 20.1. The van der Waals surface area contributed by atoms with E-state index in [2.05, 4.69) is 39.6 Å². The Hall–Kier alpha value is -3.14. The van der Waals surface area contributed by atoms with Gasteiger partial charge in [-0.05, 0) is 24.1 Å². The number of nitrogens with zero attached hydrogens (tertiary/aromatic N) is 1. The van der Waals surface area contributed by atoms with Crippen molar-refractivity contribution in [1.82, 2.24) is 15.3 Å². The Morgan fingerprint density at radius 3 is 2.62 bits per heavy atom. The molecule has 4 rings (SSSR count). The molecule has 2 aromatic carbocycles. The molecule has 1 amide bonds. The van der Waals surface area contributed by atoms with Crippen molar-refractivity contribution in [3.63, 3.8) is 0 Å². The molecule has 0 saturated carbocycles. The van der Waals surface area contributed by atoms with Gasteiger partial charge in [0, 0.05) is 22.5 Å². The minimum atomic E-state index is -0.179. The molecule has 4 heteroatoms. The van der Waals surface area contributed by atoms with E-state index in [9.17, 15) is 4.79 Å². The van der Waals surface area contributed by atoms with E-state index in [1.54, 1.807) is 0 Å². The lowest BCUT2D eigenvalue weighted by molar-refractivity contribution is -0.110. The fraction of sp³-hybridized carbons (Fsp3) is 0.100. The van der Waals surface area contributed by atoms with E-state index < -0.39 is 0 Å². The third-order valence-electron chi connectivity index (χ3n) is 4.34. The zero-order chi connectivity index (χ0) is 16.4. The van der Waals surface area contributed by atoms with Crippen molar-refractivity contribution in [3.8, 4) is 0 Å². The highest BCUT2D eigenvalue weighted by atomic mass is 16.1.